The molecule has 0 saturated heterocycles. The van der Waals surface area contributed by atoms with Crippen molar-refractivity contribution in [3.05, 3.63) is 35.0 Å². The van der Waals surface area contributed by atoms with Crippen molar-refractivity contribution in [3.63, 3.8) is 0 Å². The summed E-state index contributed by atoms with van der Waals surface area (Å²) in [6.45, 7) is 8.28. The number of fused-ring (bicyclic) bond motifs is 3. The molecule has 0 radical (unpaired) electrons. The normalized spacial score (nSPS) is 18.2. The summed E-state index contributed by atoms with van der Waals surface area (Å²) < 4.78 is 2.30. The van der Waals surface area contributed by atoms with Crippen LogP contribution in [0.5, 0.6) is 0 Å². The number of rotatable bonds is 3. The summed E-state index contributed by atoms with van der Waals surface area (Å²) in [6.07, 6.45) is 3.26. The highest BCUT2D eigenvalue weighted by Gasteiger charge is 2.32. The van der Waals surface area contributed by atoms with Gasteiger partial charge in [0.2, 0.25) is 0 Å². The minimum absolute atomic E-state index is 0.268. The molecule has 4 heteroatoms. The fourth-order valence-electron chi connectivity index (χ4n) is 3.91. The van der Waals surface area contributed by atoms with Gasteiger partial charge in [0.05, 0.1) is 5.56 Å². The van der Waals surface area contributed by atoms with Crippen molar-refractivity contribution in [2.24, 2.45) is 17.1 Å². The van der Waals surface area contributed by atoms with E-state index in [9.17, 15) is 9.90 Å². The number of nitrogens with two attached hydrogens (primary N) is 1. The van der Waals surface area contributed by atoms with Gasteiger partial charge in [0.15, 0.2) is 0 Å². The Morgan fingerprint density at radius 2 is 2.13 bits per heavy atom. The number of carboxylic acid groups (broad SMARTS) is 1. The molecular weight excluding hydrogens is 288 g/mol. The van der Waals surface area contributed by atoms with E-state index >= 15 is 0 Å². The molecule has 3 rings (SSSR count). The minimum atomic E-state index is -0.865. The van der Waals surface area contributed by atoms with Gasteiger partial charge in [0, 0.05) is 29.7 Å². The van der Waals surface area contributed by atoms with E-state index in [0.717, 1.165) is 30.3 Å². The summed E-state index contributed by atoms with van der Waals surface area (Å²) in [7, 11) is 0. The topological polar surface area (TPSA) is 68.2 Å². The highest BCUT2D eigenvalue weighted by atomic mass is 16.4. The quantitative estimate of drug-likeness (QED) is 0.911. The first-order valence-electron chi connectivity index (χ1n) is 8.40. The molecule has 1 aliphatic carbocycles. The maximum absolute atomic E-state index is 11.3. The standard InChI is InChI=1S/C19H26N2O2/c1-19(2,3)13-5-7-17-15(11-13)14-10-12(18(22)23)4-6-16(14)21(17)9-8-20/h4,6,10,13H,5,7-9,11,20H2,1-3H3,(H,22,23). The third-order valence-corrected chi connectivity index (χ3v) is 5.29. The van der Waals surface area contributed by atoms with Gasteiger partial charge in [-0.15, -0.1) is 0 Å². The smallest absolute Gasteiger partial charge is 0.335 e. The number of aromatic nitrogens is 1. The van der Waals surface area contributed by atoms with Crippen LogP contribution in [0.4, 0.5) is 0 Å². The molecule has 1 unspecified atom stereocenters. The van der Waals surface area contributed by atoms with Crippen LogP contribution < -0.4 is 5.73 Å². The Morgan fingerprint density at radius 3 is 2.74 bits per heavy atom. The number of benzene rings is 1. The van der Waals surface area contributed by atoms with Gasteiger partial charge in [-0.05, 0) is 54.4 Å². The number of carboxylic acids is 1. The van der Waals surface area contributed by atoms with Crippen molar-refractivity contribution < 1.29 is 9.90 Å². The lowest BCUT2D eigenvalue weighted by Gasteiger charge is -2.34. The largest absolute Gasteiger partial charge is 0.478 e. The first-order valence-corrected chi connectivity index (χ1v) is 8.40. The maximum atomic E-state index is 11.3. The average molecular weight is 314 g/mol. The predicted octanol–water partition coefficient (Wildman–Crippen LogP) is 3.45. The summed E-state index contributed by atoms with van der Waals surface area (Å²) in [5, 5.41) is 10.4. The van der Waals surface area contributed by atoms with Crippen LogP contribution >= 0.6 is 0 Å². The molecule has 0 saturated carbocycles. The number of hydrogen-bond donors (Lipinski definition) is 2. The number of carbonyl (C=O) groups is 1. The zero-order chi connectivity index (χ0) is 16.8. The summed E-state index contributed by atoms with van der Waals surface area (Å²) >= 11 is 0. The van der Waals surface area contributed by atoms with Crippen LogP contribution in [0.3, 0.4) is 0 Å². The first kappa shape index (κ1) is 16.1. The summed E-state index contributed by atoms with van der Waals surface area (Å²) in [6, 6.07) is 5.48. The molecule has 4 nitrogen and oxygen atoms in total. The molecule has 0 amide bonds. The van der Waals surface area contributed by atoms with Gasteiger partial charge in [-0.25, -0.2) is 4.79 Å². The van der Waals surface area contributed by atoms with Crippen molar-refractivity contribution in [3.8, 4) is 0 Å². The zero-order valence-corrected chi connectivity index (χ0v) is 14.2. The van der Waals surface area contributed by atoms with E-state index in [1.807, 2.05) is 12.1 Å². The van der Waals surface area contributed by atoms with Crippen molar-refractivity contribution in [1.29, 1.82) is 0 Å². The monoisotopic (exact) mass is 314 g/mol. The van der Waals surface area contributed by atoms with Crippen LogP contribution in [0.25, 0.3) is 10.9 Å². The molecule has 1 atom stereocenters. The molecule has 3 N–H and O–H groups in total. The van der Waals surface area contributed by atoms with E-state index < -0.39 is 5.97 Å². The second-order valence-corrected chi connectivity index (χ2v) is 7.71. The van der Waals surface area contributed by atoms with Crippen LogP contribution in [0.1, 0.15) is 48.8 Å². The Balaban J connectivity index is 2.18. The third-order valence-electron chi connectivity index (χ3n) is 5.29. The lowest BCUT2D eigenvalue weighted by Crippen LogP contribution is -2.27. The van der Waals surface area contributed by atoms with E-state index in [-0.39, 0.29) is 5.41 Å². The second kappa shape index (κ2) is 5.68. The second-order valence-electron chi connectivity index (χ2n) is 7.71. The average Bonchev–Trinajstić information content (AvgIpc) is 2.80. The molecular formula is C19H26N2O2. The summed E-state index contributed by atoms with van der Waals surface area (Å²) in [4.78, 5) is 11.3. The van der Waals surface area contributed by atoms with Gasteiger partial charge in [0.25, 0.3) is 0 Å². The van der Waals surface area contributed by atoms with E-state index in [0.29, 0.717) is 18.0 Å². The van der Waals surface area contributed by atoms with E-state index in [1.165, 1.54) is 17.7 Å². The molecule has 0 fully saturated rings. The minimum Gasteiger partial charge on any atom is -0.478 e. The highest BCUT2D eigenvalue weighted by Crippen LogP contribution is 2.41. The molecule has 2 aromatic rings. The number of aromatic carboxylic acids is 1. The number of nitrogens with zero attached hydrogens (tertiary/aromatic N) is 1. The maximum Gasteiger partial charge on any atom is 0.335 e. The van der Waals surface area contributed by atoms with Gasteiger partial charge in [-0.2, -0.15) is 0 Å². The molecule has 1 aromatic heterocycles. The molecule has 0 spiro atoms. The Kier molecular flexibility index (Phi) is 3.96. The van der Waals surface area contributed by atoms with Crippen LogP contribution in [-0.2, 0) is 19.4 Å². The lowest BCUT2D eigenvalue weighted by molar-refractivity contribution is 0.0697. The Hall–Kier alpha value is -1.81. The molecule has 23 heavy (non-hydrogen) atoms. The van der Waals surface area contributed by atoms with Gasteiger partial charge in [-0.3, -0.25) is 0 Å². The van der Waals surface area contributed by atoms with Gasteiger partial charge < -0.3 is 15.4 Å². The van der Waals surface area contributed by atoms with E-state index in [4.69, 9.17) is 5.73 Å². The molecule has 1 heterocycles. The third kappa shape index (κ3) is 2.76. The van der Waals surface area contributed by atoms with Gasteiger partial charge in [0.1, 0.15) is 0 Å². The summed E-state index contributed by atoms with van der Waals surface area (Å²) in [5.74, 6) is -0.240. The van der Waals surface area contributed by atoms with E-state index in [1.54, 1.807) is 6.07 Å². The highest BCUT2D eigenvalue weighted by molar-refractivity contribution is 5.95. The van der Waals surface area contributed by atoms with Crippen molar-refractivity contribution in [1.82, 2.24) is 4.57 Å². The van der Waals surface area contributed by atoms with Crippen LogP contribution in [0.15, 0.2) is 18.2 Å². The SMILES string of the molecule is CC(C)(C)C1CCc2c(c3cc(C(=O)O)ccc3n2CCN)C1. The van der Waals surface area contributed by atoms with E-state index in [2.05, 4.69) is 25.3 Å². The number of hydrogen-bond acceptors (Lipinski definition) is 2. The Morgan fingerprint density at radius 1 is 1.39 bits per heavy atom. The zero-order valence-electron chi connectivity index (χ0n) is 14.2. The van der Waals surface area contributed by atoms with Crippen LogP contribution in [0, 0.1) is 11.3 Å². The molecule has 1 aromatic carbocycles. The molecule has 0 bridgehead atoms. The predicted molar refractivity (Wildman–Crippen MR) is 92.9 cm³/mol. The van der Waals surface area contributed by atoms with Gasteiger partial charge >= 0.3 is 5.97 Å². The van der Waals surface area contributed by atoms with Crippen molar-refractivity contribution in [2.75, 3.05) is 6.54 Å². The van der Waals surface area contributed by atoms with Gasteiger partial charge in [-0.1, -0.05) is 20.8 Å². The van der Waals surface area contributed by atoms with Crippen LogP contribution in [0.2, 0.25) is 0 Å². The fourth-order valence-corrected chi connectivity index (χ4v) is 3.91. The Bertz CT molecular complexity index is 753. The Labute approximate surface area is 137 Å². The lowest BCUT2D eigenvalue weighted by atomic mass is 9.71. The first-order chi connectivity index (χ1) is 10.8. The van der Waals surface area contributed by atoms with Crippen molar-refractivity contribution in [2.45, 2.75) is 46.6 Å². The van der Waals surface area contributed by atoms with Crippen LogP contribution in [-0.4, -0.2) is 22.2 Å². The van der Waals surface area contributed by atoms with Crippen molar-refractivity contribution >= 4 is 16.9 Å². The molecule has 0 aliphatic heterocycles. The molecule has 1 aliphatic rings. The molecule has 124 valence electrons. The fraction of sp³-hybridized carbons (Fsp3) is 0.526. The summed E-state index contributed by atoms with van der Waals surface area (Å²) in [5.41, 5.74) is 10.3.